The van der Waals surface area contributed by atoms with Crippen LogP contribution in [0.3, 0.4) is 0 Å². The van der Waals surface area contributed by atoms with Crippen LogP contribution < -0.4 is 10.3 Å². The van der Waals surface area contributed by atoms with Gasteiger partial charge in [-0.1, -0.05) is 60.3 Å². The predicted molar refractivity (Wildman–Crippen MR) is 142 cm³/mol. The molecule has 1 aromatic heterocycles. The van der Waals surface area contributed by atoms with Gasteiger partial charge in [-0.05, 0) is 104 Å². The van der Waals surface area contributed by atoms with Crippen LogP contribution in [-0.4, -0.2) is 30.7 Å². The van der Waals surface area contributed by atoms with E-state index < -0.39 is 7.55 Å². The maximum atomic E-state index is 6.07. The van der Waals surface area contributed by atoms with Crippen molar-refractivity contribution in [3.63, 3.8) is 0 Å². The molecule has 0 saturated heterocycles. The Labute approximate surface area is 181 Å². The first-order chi connectivity index (χ1) is 13.3. The van der Waals surface area contributed by atoms with Crippen LogP contribution in [0.1, 0.15) is 38.8 Å². The molecule has 0 saturated carbocycles. The smallest absolute Gasteiger partial charge is 0.0406 e. The molecule has 150 valence electrons. The van der Waals surface area contributed by atoms with Crippen LogP contribution >= 0.6 is 43.2 Å². The zero-order valence-corrected chi connectivity index (χ0v) is 22.2. The number of fused-ring (bicyclic) bond motifs is 1. The lowest BCUT2D eigenvalue weighted by molar-refractivity contribution is 1.40. The van der Waals surface area contributed by atoms with Gasteiger partial charge in [0.15, 0.2) is 0 Å². The van der Waals surface area contributed by atoms with Gasteiger partial charge in [0.2, 0.25) is 0 Å². The number of hydrogen-bond donors (Lipinski definition) is 0. The molecule has 2 heterocycles. The zero-order chi connectivity index (χ0) is 20.4. The first-order valence-electron chi connectivity index (χ1n) is 9.87. The third-order valence-corrected chi connectivity index (χ3v) is 16.7. The molecule has 1 aromatic carbocycles. The van der Waals surface area contributed by atoms with Gasteiger partial charge in [0.25, 0.3) is 0 Å². The molecular weight excluding hydrogens is 436 g/mol. The summed E-state index contributed by atoms with van der Waals surface area (Å²) in [6.45, 7) is 14.2. The summed E-state index contributed by atoms with van der Waals surface area (Å²) in [5.41, 5.74) is 5.95. The van der Waals surface area contributed by atoms with Crippen LogP contribution in [0.15, 0.2) is 41.7 Å². The van der Waals surface area contributed by atoms with Gasteiger partial charge in [-0.25, -0.2) is 0 Å². The van der Waals surface area contributed by atoms with Crippen LogP contribution in [0, 0.1) is 0 Å². The summed E-state index contributed by atoms with van der Waals surface area (Å²) in [5, 5.41) is 5.92. The Morgan fingerprint density at radius 1 is 1.18 bits per heavy atom. The van der Waals surface area contributed by atoms with Crippen LogP contribution in [0.25, 0.3) is 5.57 Å². The number of hydrogen-bond acceptors (Lipinski definition) is 0. The molecule has 0 bridgehead atoms. The van der Waals surface area contributed by atoms with E-state index in [-0.39, 0.29) is 15.8 Å². The minimum atomic E-state index is -0.410. The van der Waals surface area contributed by atoms with Crippen molar-refractivity contribution in [2.45, 2.75) is 33.9 Å². The fourth-order valence-electron chi connectivity index (χ4n) is 3.80. The van der Waals surface area contributed by atoms with Crippen molar-refractivity contribution in [3.05, 3.63) is 57.9 Å². The first kappa shape index (κ1) is 22.7. The van der Waals surface area contributed by atoms with E-state index in [1.54, 1.807) is 21.2 Å². The molecule has 28 heavy (non-hydrogen) atoms. The molecule has 5 heteroatoms. The van der Waals surface area contributed by atoms with Gasteiger partial charge in [-0.3, -0.25) is 0 Å². The van der Waals surface area contributed by atoms with Crippen molar-refractivity contribution in [2.75, 3.05) is 25.4 Å². The molecular formula is C23H31ClP4. The van der Waals surface area contributed by atoms with E-state index in [2.05, 4.69) is 65.0 Å². The van der Waals surface area contributed by atoms with Crippen LogP contribution in [0.4, 0.5) is 0 Å². The highest BCUT2D eigenvalue weighted by molar-refractivity contribution is 7.90. The number of allylic oxidation sites excluding steroid dienone is 2. The van der Waals surface area contributed by atoms with Gasteiger partial charge >= 0.3 is 0 Å². The predicted octanol–water partition coefficient (Wildman–Crippen LogP) is 7.79. The Kier molecular flexibility index (Phi) is 8.05. The number of rotatable bonds is 5. The van der Waals surface area contributed by atoms with E-state index in [0.29, 0.717) is 0 Å². The van der Waals surface area contributed by atoms with Crippen LogP contribution in [-0.2, 0) is 6.16 Å². The summed E-state index contributed by atoms with van der Waals surface area (Å²) in [6.07, 6.45) is 2.51. The van der Waals surface area contributed by atoms with E-state index in [4.69, 9.17) is 11.6 Å². The zero-order valence-electron chi connectivity index (χ0n) is 17.8. The summed E-state index contributed by atoms with van der Waals surface area (Å²) >= 11 is 6.07. The van der Waals surface area contributed by atoms with Gasteiger partial charge in [-0.2, -0.15) is 0 Å². The van der Waals surface area contributed by atoms with E-state index in [1.807, 2.05) is 12.1 Å². The molecule has 1 aliphatic heterocycles. The molecule has 2 aromatic rings. The summed E-state index contributed by atoms with van der Waals surface area (Å²) in [4.78, 5) is 0. The standard InChI is InChI=1S/C23H31ClP4/c1-7-26(5)17(4)22(16(2)3)19-12-21-23(25-13-19)28(15-27(21)6)14-18-8-10-20(24)11-9-18/h8-13,26H,7,14-15H2,1-6H3. The topological polar surface area (TPSA) is 0 Å². The highest BCUT2D eigenvalue weighted by atomic mass is 35.5. The monoisotopic (exact) mass is 466 g/mol. The normalized spacial score (nSPS) is 20.2. The Hall–Kier alpha value is 0.0600. The Morgan fingerprint density at radius 2 is 1.86 bits per heavy atom. The average Bonchev–Trinajstić information content (AvgIpc) is 2.98. The van der Waals surface area contributed by atoms with Gasteiger partial charge in [0, 0.05) is 10.1 Å². The van der Waals surface area contributed by atoms with Crippen molar-refractivity contribution in [1.82, 2.24) is 0 Å². The largest absolute Gasteiger partial charge is 0.117 e. The van der Waals surface area contributed by atoms with E-state index in [1.165, 1.54) is 43.1 Å². The Morgan fingerprint density at radius 3 is 2.46 bits per heavy atom. The number of benzene rings is 1. The molecule has 1 aliphatic rings. The molecule has 0 aliphatic carbocycles. The maximum absolute atomic E-state index is 6.07. The highest BCUT2D eigenvalue weighted by Gasteiger charge is 2.29. The maximum Gasteiger partial charge on any atom is 0.0406 e. The quantitative estimate of drug-likeness (QED) is 0.394. The summed E-state index contributed by atoms with van der Waals surface area (Å²) in [5.74, 6) is 3.90. The van der Waals surface area contributed by atoms with Crippen molar-refractivity contribution in [2.24, 2.45) is 0 Å². The Bertz CT molecular complexity index is 924. The second kappa shape index (κ2) is 9.91. The molecule has 3 rings (SSSR count). The van der Waals surface area contributed by atoms with E-state index >= 15 is 0 Å². The fourth-order valence-corrected chi connectivity index (χ4v) is 14.7. The van der Waals surface area contributed by atoms with E-state index in [0.717, 1.165) is 5.02 Å². The molecule has 0 spiro atoms. The van der Waals surface area contributed by atoms with Crippen molar-refractivity contribution in [1.29, 1.82) is 0 Å². The van der Waals surface area contributed by atoms with Gasteiger partial charge < -0.3 is 0 Å². The average molecular weight is 467 g/mol. The summed E-state index contributed by atoms with van der Waals surface area (Å²) in [7, 11) is 0.971. The summed E-state index contributed by atoms with van der Waals surface area (Å²) in [6, 6.07) is 11.1. The Balaban J connectivity index is 1.95. The SMILES string of the molecule is CC/[PH](C)=C(\C)C(=C(C)C)c1cpc2c(c1)P(C)CP2Cc1ccc(Cl)cc1. The fraction of sp³-hybridized carbons (Fsp3) is 0.391. The van der Waals surface area contributed by atoms with E-state index in [9.17, 15) is 0 Å². The molecule has 0 N–H and O–H groups in total. The molecule has 0 nitrogen and oxygen atoms in total. The third kappa shape index (κ3) is 5.03. The van der Waals surface area contributed by atoms with Crippen molar-refractivity contribution < 1.29 is 0 Å². The second-order valence-electron chi connectivity index (χ2n) is 7.86. The van der Waals surface area contributed by atoms with Gasteiger partial charge in [-0.15, -0.1) is 7.55 Å². The molecule has 0 fully saturated rings. The van der Waals surface area contributed by atoms with Crippen molar-refractivity contribution in [3.8, 4) is 0 Å². The molecule has 0 amide bonds. The van der Waals surface area contributed by atoms with Gasteiger partial charge in [0.1, 0.15) is 0 Å². The second-order valence-corrected chi connectivity index (χ2v) is 17.5. The molecule has 3 unspecified atom stereocenters. The lowest BCUT2D eigenvalue weighted by Gasteiger charge is -2.17. The van der Waals surface area contributed by atoms with Crippen LogP contribution in [0.2, 0.25) is 5.02 Å². The third-order valence-electron chi connectivity index (χ3n) is 5.56. The lowest BCUT2D eigenvalue weighted by atomic mass is 10.0. The molecule has 0 radical (unpaired) electrons. The highest BCUT2D eigenvalue weighted by Crippen LogP contribution is 2.57. The van der Waals surface area contributed by atoms with Crippen molar-refractivity contribution >= 4 is 64.4 Å². The minimum absolute atomic E-state index is 0.0176. The number of halogens is 1. The first-order valence-corrected chi connectivity index (χ1v) is 17.1. The molecule has 3 atom stereocenters. The van der Waals surface area contributed by atoms with Crippen LogP contribution in [0.5, 0.6) is 0 Å². The summed E-state index contributed by atoms with van der Waals surface area (Å²) < 4.78 is 0. The minimum Gasteiger partial charge on any atom is -0.117 e. The lowest BCUT2D eigenvalue weighted by Crippen LogP contribution is -2.14. The van der Waals surface area contributed by atoms with Gasteiger partial charge in [0.05, 0.1) is 0 Å².